The van der Waals surface area contributed by atoms with Gasteiger partial charge in [-0.1, -0.05) is 0 Å². The summed E-state index contributed by atoms with van der Waals surface area (Å²) in [7, 11) is -3.80. The number of nitrogens with zero attached hydrogens (tertiary/aromatic N) is 3. The number of rotatable bonds is 4. The molecule has 0 spiro atoms. The Balaban J connectivity index is 1.95. The van der Waals surface area contributed by atoms with Crippen molar-refractivity contribution in [2.45, 2.75) is 23.8 Å². The van der Waals surface area contributed by atoms with E-state index >= 15 is 0 Å². The lowest BCUT2D eigenvalue weighted by Gasteiger charge is -2.31. The molecule has 1 aromatic carbocycles. The molecule has 1 N–H and O–H groups in total. The number of morpholine rings is 1. The van der Waals surface area contributed by atoms with Gasteiger partial charge in [0.1, 0.15) is 5.69 Å². The van der Waals surface area contributed by atoms with Crippen molar-refractivity contribution < 1.29 is 23.2 Å². The molecule has 1 aromatic rings. The van der Waals surface area contributed by atoms with Gasteiger partial charge >= 0.3 is 0 Å². The minimum absolute atomic E-state index is 0.0950. The van der Waals surface area contributed by atoms with E-state index in [-0.39, 0.29) is 23.7 Å². The Hall–Kier alpha value is -1.75. The summed E-state index contributed by atoms with van der Waals surface area (Å²) in [5.41, 5.74) is 0.0770. The summed E-state index contributed by atoms with van der Waals surface area (Å²) in [6.45, 7) is 1.98. The molecule has 2 aliphatic heterocycles. The second-order valence-corrected chi connectivity index (χ2v) is 8.10. The van der Waals surface area contributed by atoms with E-state index in [0.29, 0.717) is 38.4 Å². The minimum Gasteiger partial charge on any atom is -0.391 e. The summed E-state index contributed by atoms with van der Waals surface area (Å²) < 4.78 is 31.8. The third-order valence-electron chi connectivity index (χ3n) is 4.49. The zero-order chi connectivity index (χ0) is 18.0. The van der Waals surface area contributed by atoms with Crippen LogP contribution in [0.25, 0.3) is 0 Å². The van der Waals surface area contributed by atoms with E-state index in [1.54, 1.807) is 4.90 Å². The Morgan fingerprint density at radius 2 is 1.96 bits per heavy atom. The first-order chi connectivity index (χ1) is 11.9. The molecule has 0 aromatic heterocycles. The maximum Gasteiger partial charge on any atom is 0.293 e. The number of hydrogen-bond donors (Lipinski definition) is 1. The van der Waals surface area contributed by atoms with Crippen molar-refractivity contribution in [2.75, 3.05) is 44.3 Å². The first-order valence-corrected chi connectivity index (χ1v) is 9.63. The minimum atomic E-state index is -3.80. The van der Waals surface area contributed by atoms with E-state index in [4.69, 9.17) is 4.74 Å². The second kappa shape index (κ2) is 7.24. The van der Waals surface area contributed by atoms with Gasteiger partial charge in [-0.15, -0.1) is 0 Å². The maximum absolute atomic E-state index is 12.7. The van der Waals surface area contributed by atoms with Gasteiger partial charge in [0.15, 0.2) is 0 Å². The van der Waals surface area contributed by atoms with Gasteiger partial charge in [-0.3, -0.25) is 10.1 Å². The average molecular weight is 371 g/mol. The van der Waals surface area contributed by atoms with Gasteiger partial charge in [-0.05, 0) is 25.0 Å². The molecule has 10 heteroatoms. The molecule has 25 heavy (non-hydrogen) atoms. The Morgan fingerprint density at radius 3 is 2.60 bits per heavy atom. The summed E-state index contributed by atoms with van der Waals surface area (Å²) in [4.78, 5) is 12.6. The van der Waals surface area contributed by atoms with Crippen molar-refractivity contribution in [3.63, 3.8) is 0 Å². The predicted molar refractivity (Wildman–Crippen MR) is 90.1 cm³/mol. The van der Waals surface area contributed by atoms with Crippen LogP contribution in [-0.2, 0) is 14.8 Å². The van der Waals surface area contributed by atoms with E-state index in [9.17, 15) is 23.6 Å². The molecule has 2 aliphatic rings. The Kier molecular flexibility index (Phi) is 5.23. The SMILES string of the molecule is O=[N+]([O-])c1cc(S(=O)(=O)N2CCOCC2)ccc1N1CCCC(O)C1. The molecule has 2 heterocycles. The van der Waals surface area contributed by atoms with Crippen LogP contribution >= 0.6 is 0 Å². The van der Waals surface area contributed by atoms with Crippen LogP contribution in [0.15, 0.2) is 23.1 Å². The lowest BCUT2D eigenvalue weighted by molar-refractivity contribution is -0.384. The molecule has 2 saturated heterocycles. The standard InChI is InChI=1S/C15H21N3O6S/c19-12-2-1-5-16(11-12)14-4-3-13(10-15(14)18(20)21)25(22,23)17-6-8-24-9-7-17/h3-4,10,12,19H,1-2,5-9,11H2. The Morgan fingerprint density at radius 1 is 1.24 bits per heavy atom. The number of nitro groups is 1. The monoisotopic (exact) mass is 371 g/mol. The third-order valence-corrected chi connectivity index (χ3v) is 6.38. The maximum atomic E-state index is 12.7. The fraction of sp³-hybridized carbons (Fsp3) is 0.600. The van der Waals surface area contributed by atoms with Crippen LogP contribution in [0.4, 0.5) is 11.4 Å². The van der Waals surface area contributed by atoms with Gasteiger partial charge in [-0.25, -0.2) is 8.42 Å². The van der Waals surface area contributed by atoms with E-state index in [2.05, 4.69) is 0 Å². The van der Waals surface area contributed by atoms with Crippen LogP contribution in [0.2, 0.25) is 0 Å². The molecule has 1 unspecified atom stereocenters. The van der Waals surface area contributed by atoms with Crippen molar-refractivity contribution in [3.05, 3.63) is 28.3 Å². The third kappa shape index (κ3) is 3.76. The van der Waals surface area contributed by atoms with Crippen LogP contribution in [0.1, 0.15) is 12.8 Å². The van der Waals surface area contributed by atoms with Crippen molar-refractivity contribution in [3.8, 4) is 0 Å². The Labute approximate surface area is 146 Å². The van der Waals surface area contributed by atoms with Crippen LogP contribution in [0.5, 0.6) is 0 Å². The first-order valence-electron chi connectivity index (χ1n) is 8.19. The first kappa shape index (κ1) is 18.1. The van der Waals surface area contributed by atoms with Crippen molar-refractivity contribution in [2.24, 2.45) is 0 Å². The molecule has 1 atom stereocenters. The number of β-amino-alcohol motifs (C(OH)–C–C–N with tert-alkyl or cyclic N) is 1. The van der Waals surface area contributed by atoms with E-state index < -0.39 is 21.1 Å². The molecule has 0 saturated carbocycles. The smallest absolute Gasteiger partial charge is 0.293 e. The largest absolute Gasteiger partial charge is 0.391 e. The molecule has 138 valence electrons. The lowest BCUT2D eigenvalue weighted by Crippen LogP contribution is -2.40. The number of hydrogen-bond acceptors (Lipinski definition) is 7. The number of aliphatic hydroxyl groups excluding tert-OH is 1. The quantitative estimate of drug-likeness (QED) is 0.608. The molecule has 0 aliphatic carbocycles. The highest BCUT2D eigenvalue weighted by Gasteiger charge is 2.30. The number of anilines is 1. The summed E-state index contributed by atoms with van der Waals surface area (Å²) in [6, 6.07) is 3.97. The van der Waals surface area contributed by atoms with Crippen molar-refractivity contribution in [1.82, 2.24) is 4.31 Å². The van der Waals surface area contributed by atoms with Gasteiger partial charge in [0.25, 0.3) is 5.69 Å². The summed E-state index contributed by atoms with van der Waals surface area (Å²) >= 11 is 0. The highest BCUT2D eigenvalue weighted by Crippen LogP contribution is 2.33. The number of nitro benzene ring substituents is 1. The molecule has 0 radical (unpaired) electrons. The topological polar surface area (TPSA) is 113 Å². The van der Waals surface area contributed by atoms with Crippen LogP contribution < -0.4 is 4.90 Å². The highest BCUT2D eigenvalue weighted by molar-refractivity contribution is 7.89. The molecular weight excluding hydrogens is 350 g/mol. The van der Waals surface area contributed by atoms with E-state index in [0.717, 1.165) is 12.5 Å². The number of benzene rings is 1. The van der Waals surface area contributed by atoms with Gasteiger partial charge in [0, 0.05) is 32.2 Å². The molecule has 3 rings (SSSR count). The molecule has 2 fully saturated rings. The highest BCUT2D eigenvalue weighted by atomic mass is 32.2. The fourth-order valence-electron chi connectivity index (χ4n) is 3.19. The molecule has 9 nitrogen and oxygen atoms in total. The summed E-state index contributed by atoms with van der Waals surface area (Å²) in [5, 5.41) is 21.3. The predicted octanol–water partition coefficient (Wildman–Crippen LogP) is 0.577. The number of aliphatic hydroxyl groups is 1. The summed E-state index contributed by atoms with van der Waals surface area (Å²) in [5.74, 6) is 0. The van der Waals surface area contributed by atoms with Gasteiger partial charge in [-0.2, -0.15) is 4.31 Å². The van der Waals surface area contributed by atoms with Crippen molar-refractivity contribution in [1.29, 1.82) is 0 Å². The number of piperidine rings is 1. The summed E-state index contributed by atoms with van der Waals surface area (Å²) in [6.07, 6.45) is 0.852. The normalized spacial score (nSPS) is 22.8. The van der Waals surface area contributed by atoms with E-state index in [1.165, 1.54) is 16.4 Å². The average Bonchev–Trinajstić information content (AvgIpc) is 2.62. The van der Waals surface area contributed by atoms with Gasteiger partial charge in [0.2, 0.25) is 10.0 Å². The van der Waals surface area contributed by atoms with Gasteiger partial charge in [0.05, 0.1) is 29.1 Å². The van der Waals surface area contributed by atoms with Crippen LogP contribution in [0.3, 0.4) is 0 Å². The lowest BCUT2D eigenvalue weighted by atomic mass is 10.1. The molecular formula is C15H21N3O6S. The zero-order valence-corrected chi connectivity index (χ0v) is 14.5. The zero-order valence-electron chi connectivity index (χ0n) is 13.7. The molecule has 0 bridgehead atoms. The van der Waals surface area contributed by atoms with Gasteiger partial charge < -0.3 is 14.7 Å². The van der Waals surface area contributed by atoms with Crippen LogP contribution in [0, 0.1) is 10.1 Å². The van der Waals surface area contributed by atoms with E-state index in [1.807, 2.05) is 0 Å². The Bertz CT molecular complexity index is 748. The van der Waals surface area contributed by atoms with Crippen LogP contribution in [-0.4, -0.2) is 68.2 Å². The number of ether oxygens (including phenoxy) is 1. The van der Waals surface area contributed by atoms with Crippen molar-refractivity contribution >= 4 is 21.4 Å². The second-order valence-electron chi connectivity index (χ2n) is 6.17. The number of sulfonamides is 1. The fourth-order valence-corrected chi connectivity index (χ4v) is 4.62. The molecule has 0 amide bonds.